The summed E-state index contributed by atoms with van der Waals surface area (Å²) in [5.74, 6) is 1.78. The summed E-state index contributed by atoms with van der Waals surface area (Å²) in [6, 6.07) is 10.5. The number of carbonyl (C=O) groups excluding carboxylic acids is 1. The number of aliphatic hydroxyl groups is 1. The second kappa shape index (κ2) is 5.72. The Bertz CT molecular complexity index is 836. The molecule has 3 aliphatic rings. The van der Waals surface area contributed by atoms with Crippen LogP contribution in [0, 0.1) is 5.41 Å². The molecule has 1 N–H and O–H groups in total. The van der Waals surface area contributed by atoms with Crippen molar-refractivity contribution in [1.29, 1.82) is 0 Å². The van der Waals surface area contributed by atoms with Gasteiger partial charge in [-0.15, -0.1) is 0 Å². The van der Waals surface area contributed by atoms with E-state index in [1.807, 2.05) is 23.9 Å². The fourth-order valence-corrected chi connectivity index (χ4v) is 5.55. The first-order valence-electron chi connectivity index (χ1n) is 8.91. The summed E-state index contributed by atoms with van der Waals surface area (Å²) in [5.41, 5.74) is 5.28. The molecule has 4 rings (SSSR count). The Morgan fingerprint density at radius 3 is 2.44 bits per heavy atom. The first-order valence-corrected chi connectivity index (χ1v) is 10.1. The molecule has 2 nitrogen and oxygen atoms in total. The molecule has 1 aromatic rings. The Hall–Kier alpha value is -1.58. The summed E-state index contributed by atoms with van der Waals surface area (Å²) in [6.45, 7) is 5.92. The Labute approximate surface area is 153 Å². The molecule has 0 amide bonds. The molecule has 0 aliphatic heterocycles. The molecular formula is C22H24O2S. The van der Waals surface area contributed by atoms with Crippen LogP contribution in [0.15, 0.2) is 64.3 Å². The van der Waals surface area contributed by atoms with Gasteiger partial charge in [0.1, 0.15) is 5.60 Å². The highest BCUT2D eigenvalue weighted by Crippen LogP contribution is 2.65. The number of Topliss-reactive ketones (excluding diaryl/α,β-unsaturated/α-hetero) is 1. The third-order valence-electron chi connectivity index (χ3n) is 6.23. The molecule has 1 fully saturated rings. The molecule has 1 saturated carbocycles. The minimum atomic E-state index is -1.25. The first-order chi connectivity index (χ1) is 11.9. The van der Waals surface area contributed by atoms with E-state index >= 15 is 0 Å². The van der Waals surface area contributed by atoms with Gasteiger partial charge in [-0.25, -0.2) is 0 Å². The molecule has 1 spiro atoms. The van der Waals surface area contributed by atoms with Gasteiger partial charge in [-0.2, -0.15) is 11.8 Å². The van der Waals surface area contributed by atoms with Crippen molar-refractivity contribution in [1.82, 2.24) is 0 Å². The van der Waals surface area contributed by atoms with E-state index in [4.69, 9.17) is 0 Å². The van der Waals surface area contributed by atoms with E-state index in [0.29, 0.717) is 0 Å². The zero-order valence-electron chi connectivity index (χ0n) is 15.1. The van der Waals surface area contributed by atoms with Crippen molar-refractivity contribution in [3.63, 3.8) is 0 Å². The predicted molar refractivity (Wildman–Crippen MR) is 103 cm³/mol. The van der Waals surface area contributed by atoms with E-state index < -0.39 is 5.60 Å². The third-order valence-corrected chi connectivity index (χ3v) is 7.26. The van der Waals surface area contributed by atoms with E-state index in [1.54, 1.807) is 6.92 Å². The van der Waals surface area contributed by atoms with E-state index in [1.165, 1.54) is 22.3 Å². The highest BCUT2D eigenvalue weighted by Gasteiger charge is 2.64. The molecule has 130 valence electrons. The lowest BCUT2D eigenvalue weighted by molar-refractivity contribution is -0.137. The largest absolute Gasteiger partial charge is 0.381 e. The van der Waals surface area contributed by atoms with Crippen LogP contribution in [0.25, 0.3) is 0 Å². The van der Waals surface area contributed by atoms with Crippen molar-refractivity contribution in [2.75, 3.05) is 5.75 Å². The number of carbonyl (C=O) groups is 1. The number of rotatable bonds is 4. The highest BCUT2D eigenvalue weighted by molar-refractivity contribution is 7.98. The highest BCUT2D eigenvalue weighted by atomic mass is 32.2. The van der Waals surface area contributed by atoms with Crippen LogP contribution in [-0.4, -0.2) is 22.2 Å². The van der Waals surface area contributed by atoms with Gasteiger partial charge in [0.05, 0.1) is 0 Å². The van der Waals surface area contributed by atoms with E-state index in [2.05, 4.69) is 38.1 Å². The van der Waals surface area contributed by atoms with Gasteiger partial charge in [0, 0.05) is 22.5 Å². The van der Waals surface area contributed by atoms with E-state index in [-0.39, 0.29) is 11.2 Å². The third kappa shape index (κ3) is 2.40. The van der Waals surface area contributed by atoms with Crippen molar-refractivity contribution >= 4 is 17.5 Å². The Morgan fingerprint density at radius 2 is 1.80 bits per heavy atom. The summed E-state index contributed by atoms with van der Waals surface area (Å²) in [4.78, 5) is 12.9. The maximum absolute atomic E-state index is 12.9. The summed E-state index contributed by atoms with van der Waals surface area (Å²) in [7, 11) is 0. The predicted octanol–water partition coefficient (Wildman–Crippen LogP) is 4.61. The van der Waals surface area contributed by atoms with Crippen LogP contribution in [0.5, 0.6) is 0 Å². The average Bonchev–Trinajstić information content (AvgIpc) is 3.35. The summed E-state index contributed by atoms with van der Waals surface area (Å²) in [6.07, 6.45) is 3.82. The van der Waals surface area contributed by atoms with Crippen LogP contribution in [0.4, 0.5) is 0 Å². The SMILES string of the molecule is CC1=C(CSCc2ccccc2)C2=C(C)C3(CC3)[C@@](C)(O)C(=O)C2=C1. The lowest BCUT2D eigenvalue weighted by Crippen LogP contribution is -2.49. The fraction of sp³-hybridized carbons (Fsp3) is 0.409. The molecular weight excluding hydrogens is 328 g/mol. The van der Waals surface area contributed by atoms with Crippen LogP contribution >= 0.6 is 11.8 Å². The van der Waals surface area contributed by atoms with E-state index in [0.717, 1.165) is 35.5 Å². The lowest BCUT2D eigenvalue weighted by Gasteiger charge is -2.39. The maximum Gasteiger partial charge on any atom is 0.195 e. The Kier molecular flexibility index (Phi) is 3.86. The van der Waals surface area contributed by atoms with Crippen molar-refractivity contribution < 1.29 is 9.90 Å². The van der Waals surface area contributed by atoms with Gasteiger partial charge in [0.15, 0.2) is 5.78 Å². The molecule has 3 heteroatoms. The standard InChI is InChI=1S/C22H24O2S/c1-14-11-17-19(15(2)22(9-10-22)21(3,24)20(17)23)18(14)13-25-12-16-7-5-4-6-8-16/h4-8,11,24H,9-10,12-13H2,1-3H3/t21-/m0/s1. The van der Waals surface area contributed by atoms with Gasteiger partial charge in [-0.1, -0.05) is 35.9 Å². The molecule has 1 atom stereocenters. The van der Waals surface area contributed by atoms with Crippen LogP contribution in [-0.2, 0) is 10.5 Å². The van der Waals surface area contributed by atoms with E-state index in [9.17, 15) is 9.90 Å². The van der Waals surface area contributed by atoms with Gasteiger partial charge < -0.3 is 5.11 Å². The minimum Gasteiger partial charge on any atom is -0.381 e. The zero-order chi connectivity index (χ0) is 17.8. The zero-order valence-corrected chi connectivity index (χ0v) is 15.9. The monoisotopic (exact) mass is 352 g/mol. The van der Waals surface area contributed by atoms with Crippen molar-refractivity contribution in [3.05, 3.63) is 69.8 Å². The van der Waals surface area contributed by atoms with Crippen molar-refractivity contribution in [2.45, 2.75) is 45.0 Å². The van der Waals surface area contributed by atoms with Gasteiger partial charge >= 0.3 is 0 Å². The molecule has 0 aromatic heterocycles. The Morgan fingerprint density at radius 1 is 1.12 bits per heavy atom. The number of fused-ring (bicyclic) bond motifs is 1. The number of thioether (sulfide) groups is 1. The molecule has 0 unspecified atom stereocenters. The van der Waals surface area contributed by atoms with Gasteiger partial charge in [-0.05, 0) is 62.0 Å². The van der Waals surface area contributed by atoms with Crippen molar-refractivity contribution in [3.8, 4) is 0 Å². The summed E-state index contributed by atoms with van der Waals surface area (Å²) < 4.78 is 0. The molecule has 25 heavy (non-hydrogen) atoms. The molecule has 3 aliphatic carbocycles. The normalized spacial score (nSPS) is 27.0. The number of ketones is 1. The topological polar surface area (TPSA) is 37.3 Å². The number of hydrogen-bond acceptors (Lipinski definition) is 3. The van der Waals surface area contributed by atoms with Gasteiger partial charge in [-0.3, -0.25) is 4.79 Å². The Balaban J connectivity index is 1.61. The van der Waals surface area contributed by atoms with Crippen LogP contribution < -0.4 is 0 Å². The fourth-order valence-electron chi connectivity index (χ4n) is 4.44. The minimum absolute atomic E-state index is 0.0898. The van der Waals surface area contributed by atoms with Gasteiger partial charge in [0.2, 0.25) is 0 Å². The summed E-state index contributed by atoms with van der Waals surface area (Å²) in [5, 5.41) is 10.9. The maximum atomic E-state index is 12.9. The summed E-state index contributed by atoms with van der Waals surface area (Å²) >= 11 is 1.89. The quantitative estimate of drug-likeness (QED) is 0.860. The molecule has 1 aromatic carbocycles. The number of hydrogen-bond donors (Lipinski definition) is 1. The number of allylic oxidation sites excluding steroid dienone is 3. The van der Waals surface area contributed by atoms with Crippen LogP contribution in [0.3, 0.4) is 0 Å². The molecule has 0 radical (unpaired) electrons. The van der Waals surface area contributed by atoms with Crippen molar-refractivity contribution in [2.24, 2.45) is 5.41 Å². The average molecular weight is 352 g/mol. The molecule has 0 bridgehead atoms. The van der Waals surface area contributed by atoms with Crippen LogP contribution in [0.2, 0.25) is 0 Å². The second-order valence-electron chi connectivity index (χ2n) is 7.68. The second-order valence-corrected chi connectivity index (χ2v) is 8.67. The van der Waals surface area contributed by atoms with Crippen LogP contribution in [0.1, 0.15) is 39.2 Å². The van der Waals surface area contributed by atoms with Gasteiger partial charge in [0.25, 0.3) is 0 Å². The lowest BCUT2D eigenvalue weighted by atomic mass is 9.67. The number of benzene rings is 1. The molecule has 0 saturated heterocycles. The molecule has 0 heterocycles. The first kappa shape index (κ1) is 16.9. The smallest absolute Gasteiger partial charge is 0.195 e.